The fraction of sp³-hybridized carbons (Fsp3) is 0.600. The van der Waals surface area contributed by atoms with Gasteiger partial charge in [-0.05, 0) is 55.1 Å². The number of thioether (sulfide) groups is 1. The Kier molecular flexibility index (Phi) is 6.15. The van der Waals surface area contributed by atoms with E-state index < -0.39 is 0 Å². The molecule has 4 heteroatoms. The van der Waals surface area contributed by atoms with Gasteiger partial charge in [-0.1, -0.05) is 0 Å². The van der Waals surface area contributed by atoms with Gasteiger partial charge in [-0.15, -0.1) is 0 Å². The van der Waals surface area contributed by atoms with Crippen LogP contribution < -0.4 is 5.32 Å². The molecule has 1 heterocycles. The summed E-state index contributed by atoms with van der Waals surface area (Å²) < 4.78 is 5.21. The van der Waals surface area contributed by atoms with Crippen LogP contribution in [-0.2, 0) is 6.54 Å². The quantitative estimate of drug-likeness (QED) is 0.733. The molecule has 0 bridgehead atoms. The van der Waals surface area contributed by atoms with Gasteiger partial charge in [0.05, 0.1) is 6.54 Å². The fourth-order valence-corrected chi connectivity index (χ4v) is 1.81. The lowest BCUT2D eigenvalue weighted by Gasteiger charge is -2.01. The molecule has 0 unspecified atom stereocenters. The molecule has 1 N–H and O–H groups in total. The summed E-state index contributed by atoms with van der Waals surface area (Å²) in [5, 5.41) is 3.77. The maximum absolute atomic E-state index is 5.64. The lowest BCUT2D eigenvalue weighted by molar-refractivity contribution is 0.482. The van der Waals surface area contributed by atoms with E-state index in [-0.39, 0.29) is 0 Å². The van der Waals surface area contributed by atoms with Gasteiger partial charge in [-0.3, -0.25) is 0 Å². The van der Waals surface area contributed by atoms with Crippen molar-refractivity contribution in [2.45, 2.75) is 19.4 Å². The SMILES string of the molecule is CSCCCCNCc1ccc(Cl)o1. The van der Waals surface area contributed by atoms with Crippen LogP contribution in [-0.4, -0.2) is 18.6 Å². The molecule has 0 atom stereocenters. The summed E-state index contributed by atoms with van der Waals surface area (Å²) in [6.45, 7) is 1.81. The number of hydrogen-bond acceptors (Lipinski definition) is 3. The molecule has 0 saturated carbocycles. The highest BCUT2D eigenvalue weighted by atomic mass is 35.5. The van der Waals surface area contributed by atoms with E-state index >= 15 is 0 Å². The monoisotopic (exact) mass is 233 g/mol. The minimum Gasteiger partial charge on any atom is -0.448 e. The minimum absolute atomic E-state index is 0.462. The fourth-order valence-electron chi connectivity index (χ4n) is 1.15. The van der Waals surface area contributed by atoms with Crippen molar-refractivity contribution in [2.75, 3.05) is 18.6 Å². The molecule has 1 rings (SSSR count). The van der Waals surface area contributed by atoms with Gasteiger partial charge in [0.1, 0.15) is 5.76 Å². The first-order valence-electron chi connectivity index (χ1n) is 4.77. The van der Waals surface area contributed by atoms with E-state index in [9.17, 15) is 0 Å². The Balaban J connectivity index is 1.99. The van der Waals surface area contributed by atoms with Gasteiger partial charge in [-0.2, -0.15) is 11.8 Å². The van der Waals surface area contributed by atoms with Gasteiger partial charge in [-0.25, -0.2) is 0 Å². The van der Waals surface area contributed by atoms with Gasteiger partial charge in [0.15, 0.2) is 5.22 Å². The smallest absolute Gasteiger partial charge is 0.193 e. The van der Waals surface area contributed by atoms with Gasteiger partial charge in [0, 0.05) is 0 Å². The predicted octanol–water partition coefficient (Wildman–Crippen LogP) is 3.17. The molecule has 0 aromatic carbocycles. The van der Waals surface area contributed by atoms with E-state index in [0.29, 0.717) is 5.22 Å². The van der Waals surface area contributed by atoms with Crippen LogP contribution in [0.15, 0.2) is 16.5 Å². The molecule has 2 nitrogen and oxygen atoms in total. The van der Waals surface area contributed by atoms with Crippen molar-refractivity contribution in [3.63, 3.8) is 0 Å². The molecule has 0 amide bonds. The van der Waals surface area contributed by atoms with Crippen LogP contribution in [0, 0.1) is 0 Å². The molecule has 80 valence electrons. The molecular weight excluding hydrogens is 218 g/mol. The summed E-state index contributed by atoms with van der Waals surface area (Å²) in [5.74, 6) is 2.15. The van der Waals surface area contributed by atoms with Crippen LogP contribution in [0.1, 0.15) is 18.6 Å². The number of furan rings is 1. The van der Waals surface area contributed by atoms with Crippen molar-refractivity contribution in [1.29, 1.82) is 0 Å². The largest absolute Gasteiger partial charge is 0.448 e. The summed E-state index contributed by atoms with van der Waals surface area (Å²) >= 11 is 7.54. The maximum atomic E-state index is 5.64. The Morgan fingerprint density at radius 1 is 1.43 bits per heavy atom. The van der Waals surface area contributed by atoms with Crippen molar-refractivity contribution in [3.8, 4) is 0 Å². The summed E-state index contributed by atoms with van der Waals surface area (Å²) in [4.78, 5) is 0. The average molecular weight is 234 g/mol. The summed E-state index contributed by atoms with van der Waals surface area (Å²) in [7, 11) is 0. The first kappa shape index (κ1) is 12.0. The highest BCUT2D eigenvalue weighted by Crippen LogP contribution is 2.12. The maximum Gasteiger partial charge on any atom is 0.193 e. The normalized spacial score (nSPS) is 10.7. The second-order valence-electron chi connectivity index (χ2n) is 3.08. The van der Waals surface area contributed by atoms with E-state index in [0.717, 1.165) is 18.8 Å². The number of hydrogen-bond donors (Lipinski definition) is 1. The Labute approximate surface area is 94.4 Å². The Bertz CT molecular complexity index is 252. The third kappa shape index (κ3) is 4.94. The highest BCUT2D eigenvalue weighted by molar-refractivity contribution is 7.98. The Hall–Kier alpha value is -0.120. The van der Waals surface area contributed by atoms with Crippen molar-refractivity contribution < 1.29 is 4.42 Å². The average Bonchev–Trinajstić information content (AvgIpc) is 2.58. The van der Waals surface area contributed by atoms with Crippen LogP contribution in [0.4, 0.5) is 0 Å². The third-order valence-electron chi connectivity index (χ3n) is 1.88. The zero-order valence-corrected chi connectivity index (χ0v) is 9.96. The van der Waals surface area contributed by atoms with E-state index in [1.54, 1.807) is 6.07 Å². The number of unbranched alkanes of at least 4 members (excludes halogenated alkanes) is 1. The topological polar surface area (TPSA) is 25.2 Å². The van der Waals surface area contributed by atoms with Gasteiger partial charge in [0.25, 0.3) is 0 Å². The summed E-state index contributed by atoms with van der Waals surface area (Å²) in [6.07, 6.45) is 4.63. The number of halogens is 1. The van der Waals surface area contributed by atoms with E-state index in [1.807, 2.05) is 17.8 Å². The molecule has 1 aromatic rings. The standard InChI is InChI=1S/C10H16ClNOS/c1-14-7-3-2-6-12-8-9-4-5-10(11)13-9/h4-5,12H,2-3,6-8H2,1H3. The van der Waals surface area contributed by atoms with E-state index in [2.05, 4.69) is 11.6 Å². The molecular formula is C10H16ClNOS. The summed E-state index contributed by atoms with van der Waals surface area (Å²) in [5.41, 5.74) is 0. The Morgan fingerprint density at radius 2 is 2.29 bits per heavy atom. The summed E-state index contributed by atoms with van der Waals surface area (Å²) in [6, 6.07) is 3.67. The second kappa shape index (κ2) is 7.21. The molecule has 0 radical (unpaired) electrons. The van der Waals surface area contributed by atoms with Crippen LogP contribution in [0.5, 0.6) is 0 Å². The lowest BCUT2D eigenvalue weighted by Crippen LogP contribution is -2.14. The zero-order valence-electron chi connectivity index (χ0n) is 8.38. The van der Waals surface area contributed by atoms with Gasteiger partial charge in [0.2, 0.25) is 0 Å². The van der Waals surface area contributed by atoms with Gasteiger partial charge >= 0.3 is 0 Å². The van der Waals surface area contributed by atoms with Crippen LogP contribution in [0.2, 0.25) is 5.22 Å². The van der Waals surface area contributed by atoms with Crippen LogP contribution >= 0.6 is 23.4 Å². The zero-order chi connectivity index (χ0) is 10.2. The van der Waals surface area contributed by atoms with Crippen LogP contribution in [0.3, 0.4) is 0 Å². The third-order valence-corrected chi connectivity index (χ3v) is 2.78. The molecule has 0 fully saturated rings. The van der Waals surface area contributed by atoms with Crippen molar-refractivity contribution >= 4 is 23.4 Å². The molecule has 0 aliphatic heterocycles. The molecule has 14 heavy (non-hydrogen) atoms. The highest BCUT2D eigenvalue weighted by Gasteiger charge is 1.97. The van der Waals surface area contributed by atoms with Crippen molar-refractivity contribution in [2.24, 2.45) is 0 Å². The number of nitrogens with one attached hydrogen (secondary N) is 1. The van der Waals surface area contributed by atoms with Crippen molar-refractivity contribution in [1.82, 2.24) is 5.32 Å². The van der Waals surface area contributed by atoms with Crippen LogP contribution in [0.25, 0.3) is 0 Å². The first-order valence-corrected chi connectivity index (χ1v) is 6.54. The van der Waals surface area contributed by atoms with E-state index in [1.165, 1.54) is 18.6 Å². The Morgan fingerprint density at radius 3 is 2.93 bits per heavy atom. The molecule has 0 aliphatic carbocycles. The van der Waals surface area contributed by atoms with Crippen molar-refractivity contribution in [3.05, 3.63) is 23.1 Å². The lowest BCUT2D eigenvalue weighted by atomic mass is 10.3. The molecule has 0 aliphatic rings. The molecule has 1 aromatic heterocycles. The van der Waals surface area contributed by atoms with E-state index in [4.69, 9.17) is 16.0 Å². The molecule has 0 saturated heterocycles. The molecule has 0 spiro atoms. The first-order chi connectivity index (χ1) is 6.83. The number of rotatable bonds is 7. The second-order valence-corrected chi connectivity index (χ2v) is 4.44. The predicted molar refractivity (Wildman–Crippen MR) is 63.0 cm³/mol. The minimum atomic E-state index is 0.462. The van der Waals surface area contributed by atoms with Gasteiger partial charge < -0.3 is 9.73 Å².